The zero-order valence-corrected chi connectivity index (χ0v) is 18.4. The first kappa shape index (κ1) is 21.2. The van der Waals surface area contributed by atoms with Crippen molar-refractivity contribution in [1.29, 1.82) is 0 Å². The van der Waals surface area contributed by atoms with Crippen molar-refractivity contribution in [1.82, 2.24) is 20.4 Å². The minimum atomic E-state index is 0.268. The van der Waals surface area contributed by atoms with Crippen molar-refractivity contribution in [2.45, 2.75) is 57.5 Å². The van der Waals surface area contributed by atoms with Gasteiger partial charge in [-0.2, -0.15) is 0 Å². The molecule has 1 aromatic carbocycles. The number of likely N-dealkylation sites (tertiary alicyclic amines) is 1. The number of hydrogen-bond donors (Lipinski definition) is 2. The summed E-state index contributed by atoms with van der Waals surface area (Å²) in [4.78, 5) is 21.8. The van der Waals surface area contributed by atoms with Gasteiger partial charge in [0.2, 0.25) is 5.91 Å². The van der Waals surface area contributed by atoms with E-state index >= 15 is 0 Å². The Morgan fingerprint density at radius 3 is 2.70 bits per heavy atom. The van der Waals surface area contributed by atoms with Gasteiger partial charge in [-0.1, -0.05) is 43.5 Å². The number of guanidine groups is 1. The fourth-order valence-corrected chi connectivity index (χ4v) is 5.15. The van der Waals surface area contributed by atoms with Crippen LogP contribution in [0.15, 0.2) is 29.3 Å². The number of amides is 1. The first-order chi connectivity index (χ1) is 14.7. The van der Waals surface area contributed by atoms with Crippen molar-refractivity contribution in [2.75, 3.05) is 39.8 Å². The van der Waals surface area contributed by atoms with Crippen LogP contribution < -0.4 is 10.6 Å². The second-order valence-electron chi connectivity index (χ2n) is 9.04. The van der Waals surface area contributed by atoms with E-state index in [4.69, 9.17) is 0 Å². The largest absolute Gasteiger partial charge is 0.355 e. The van der Waals surface area contributed by atoms with Crippen LogP contribution in [0.4, 0.5) is 0 Å². The summed E-state index contributed by atoms with van der Waals surface area (Å²) < 4.78 is 0. The summed E-state index contributed by atoms with van der Waals surface area (Å²) in [6.45, 7) is 5.71. The van der Waals surface area contributed by atoms with Crippen LogP contribution in [0.1, 0.15) is 49.7 Å². The van der Waals surface area contributed by atoms with Crippen LogP contribution in [0.3, 0.4) is 0 Å². The van der Waals surface area contributed by atoms with Crippen LogP contribution in [0.2, 0.25) is 0 Å². The van der Waals surface area contributed by atoms with Gasteiger partial charge in [0.05, 0.1) is 0 Å². The molecule has 4 rings (SSSR count). The van der Waals surface area contributed by atoms with Crippen molar-refractivity contribution in [3.8, 4) is 0 Å². The van der Waals surface area contributed by atoms with Gasteiger partial charge >= 0.3 is 0 Å². The van der Waals surface area contributed by atoms with E-state index < -0.39 is 0 Å². The summed E-state index contributed by atoms with van der Waals surface area (Å²) >= 11 is 0. The van der Waals surface area contributed by atoms with E-state index in [0.717, 1.165) is 70.9 Å². The maximum Gasteiger partial charge on any atom is 0.225 e. The van der Waals surface area contributed by atoms with Gasteiger partial charge in [0.1, 0.15) is 0 Å². The number of fused-ring (bicyclic) bond motifs is 1. The zero-order chi connectivity index (χ0) is 20.8. The fraction of sp³-hybridized carbons (Fsp3) is 0.667. The number of nitrogens with zero attached hydrogens (tertiary/aromatic N) is 3. The van der Waals surface area contributed by atoms with Gasteiger partial charge in [-0.3, -0.25) is 14.7 Å². The molecule has 2 heterocycles. The van der Waals surface area contributed by atoms with Crippen molar-refractivity contribution >= 4 is 11.9 Å². The predicted molar refractivity (Wildman–Crippen MR) is 121 cm³/mol. The smallest absolute Gasteiger partial charge is 0.225 e. The van der Waals surface area contributed by atoms with Crippen LogP contribution in [0.25, 0.3) is 0 Å². The molecule has 1 aromatic rings. The Morgan fingerprint density at radius 1 is 1.10 bits per heavy atom. The van der Waals surface area contributed by atoms with E-state index in [1.54, 1.807) is 0 Å². The van der Waals surface area contributed by atoms with Crippen molar-refractivity contribution in [3.05, 3.63) is 35.4 Å². The van der Waals surface area contributed by atoms with Crippen LogP contribution >= 0.6 is 0 Å². The molecule has 1 saturated heterocycles. The highest BCUT2D eigenvalue weighted by Crippen LogP contribution is 2.26. The third-order valence-electron chi connectivity index (χ3n) is 6.95. The van der Waals surface area contributed by atoms with E-state index in [1.807, 2.05) is 7.05 Å². The Labute approximate surface area is 181 Å². The maximum atomic E-state index is 12.8. The molecule has 30 heavy (non-hydrogen) atoms. The third kappa shape index (κ3) is 5.34. The lowest BCUT2D eigenvalue weighted by molar-refractivity contribution is -0.135. The lowest BCUT2D eigenvalue weighted by Gasteiger charge is -2.29. The molecular weight excluding hydrogens is 374 g/mol. The van der Waals surface area contributed by atoms with E-state index in [9.17, 15) is 4.79 Å². The predicted octanol–water partition coefficient (Wildman–Crippen LogP) is 2.39. The molecule has 1 aliphatic carbocycles. The molecule has 1 atom stereocenters. The zero-order valence-electron chi connectivity index (χ0n) is 18.4. The summed E-state index contributed by atoms with van der Waals surface area (Å²) in [5.41, 5.74) is 2.95. The molecule has 2 fully saturated rings. The van der Waals surface area contributed by atoms with Crippen LogP contribution in [-0.2, 0) is 17.8 Å². The number of nitrogens with one attached hydrogen (secondary N) is 2. The Balaban J connectivity index is 1.18. The topological polar surface area (TPSA) is 60.0 Å². The summed E-state index contributed by atoms with van der Waals surface area (Å²) in [7, 11) is 1.83. The highest BCUT2D eigenvalue weighted by Gasteiger charge is 2.31. The summed E-state index contributed by atoms with van der Waals surface area (Å²) in [5.74, 6) is 1.50. The van der Waals surface area contributed by atoms with E-state index in [0.29, 0.717) is 11.9 Å². The molecular formula is C24H37N5O. The highest BCUT2D eigenvalue weighted by atomic mass is 16.2. The number of rotatable bonds is 5. The normalized spacial score (nSPS) is 23.3. The van der Waals surface area contributed by atoms with Crippen LogP contribution in [0, 0.1) is 5.92 Å². The molecule has 0 bridgehead atoms. The summed E-state index contributed by atoms with van der Waals surface area (Å²) in [6, 6.07) is 9.07. The van der Waals surface area contributed by atoms with E-state index in [1.165, 1.54) is 30.4 Å². The second kappa shape index (κ2) is 10.3. The van der Waals surface area contributed by atoms with E-state index in [2.05, 4.69) is 49.7 Å². The van der Waals surface area contributed by atoms with Gasteiger partial charge in [-0.15, -0.1) is 0 Å². The standard InChI is InChI=1S/C24H37N5O/c1-25-24(26-13-16-28-14-11-19-7-5-6-10-21(19)17-28)27-22-12-15-29(18-22)23(30)20-8-3-2-4-9-20/h5-7,10,20,22H,2-4,8-9,11-18H2,1H3,(H2,25,26,27). The van der Waals surface area contributed by atoms with Crippen LogP contribution in [-0.4, -0.2) is 67.5 Å². The molecule has 0 spiro atoms. The molecule has 1 saturated carbocycles. The molecule has 1 unspecified atom stereocenters. The Hall–Kier alpha value is -2.08. The van der Waals surface area contributed by atoms with Gasteiger partial charge in [0.15, 0.2) is 5.96 Å². The number of carbonyl (C=O) groups excluding carboxylic acids is 1. The molecule has 0 aromatic heterocycles. The SMILES string of the molecule is CN=C(NCCN1CCc2ccccc2C1)NC1CCN(C(=O)C2CCCCC2)C1. The Morgan fingerprint density at radius 2 is 1.90 bits per heavy atom. The van der Waals surface area contributed by atoms with Crippen molar-refractivity contribution in [2.24, 2.45) is 10.9 Å². The minimum Gasteiger partial charge on any atom is -0.355 e. The lowest BCUT2D eigenvalue weighted by Crippen LogP contribution is -2.47. The Bertz CT molecular complexity index is 743. The summed E-state index contributed by atoms with van der Waals surface area (Å²) in [5, 5.41) is 7.00. The number of benzene rings is 1. The molecule has 164 valence electrons. The molecule has 3 aliphatic rings. The monoisotopic (exact) mass is 411 g/mol. The van der Waals surface area contributed by atoms with Crippen molar-refractivity contribution < 1.29 is 4.79 Å². The van der Waals surface area contributed by atoms with Crippen LogP contribution in [0.5, 0.6) is 0 Å². The molecule has 6 heteroatoms. The quantitative estimate of drug-likeness (QED) is 0.577. The molecule has 1 amide bonds. The molecule has 2 aliphatic heterocycles. The minimum absolute atomic E-state index is 0.268. The van der Waals surface area contributed by atoms with Gasteiger partial charge in [0.25, 0.3) is 0 Å². The third-order valence-corrected chi connectivity index (χ3v) is 6.95. The summed E-state index contributed by atoms with van der Waals surface area (Å²) in [6.07, 6.45) is 8.02. The van der Waals surface area contributed by atoms with Gasteiger partial charge in [0, 0.05) is 58.3 Å². The van der Waals surface area contributed by atoms with Gasteiger partial charge < -0.3 is 15.5 Å². The number of carbonyl (C=O) groups is 1. The maximum absolute atomic E-state index is 12.8. The van der Waals surface area contributed by atoms with Crippen molar-refractivity contribution in [3.63, 3.8) is 0 Å². The average molecular weight is 412 g/mol. The first-order valence-electron chi connectivity index (χ1n) is 11.8. The highest BCUT2D eigenvalue weighted by molar-refractivity contribution is 5.81. The Kier molecular flexibility index (Phi) is 7.26. The van der Waals surface area contributed by atoms with Gasteiger partial charge in [-0.25, -0.2) is 0 Å². The fourth-order valence-electron chi connectivity index (χ4n) is 5.15. The molecule has 0 radical (unpaired) electrons. The molecule has 2 N–H and O–H groups in total. The molecule has 6 nitrogen and oxygen atoms in total. The second-order valence-corrected chi connectivity index (χ2v) is 9.04. The number of aliphatic imine (C=N–C) groups is 1. The average Bonchev–Trinajstić information content (AvgIpc) is 3.27. The van der Waals surface area contributed by atoms with Gasteiger partial charge in [-0.05, 0) is 36.8 Å². The first-order valence-corrected chi connectivity index (χ1v) is 11.8. The number of hydrogen-bond acceptors (Lipinski definition) is 3. The lowest BCUT2D eigenvalue weighted by atomic mass is 9.88. The van der Waals surface area contributed by atoms with E-state index in [-0.39, 0.29) is 5.92 Å².